The Balaban J connectivity index is 2.08. The van der Waals surface area contributed by atoms with Crippen LogP contribution in [-0.4, -0.2) is 25.1 Å². The van der Waals surface area contributed by atoms with Crippen molar-refractivity contribution in [1.29, 1.82) is 5.26 Å². The maximum atomic E-state index is 12.8. The van der Waals surface area contributed by atoms with Crippen LogP contribution < -0.4 is 0 Å². The van der Waals surface area contributed by atoms with E-state index >= 15 is 0 Å². The molecule has 128 valence electrons. The third-order valence-corrected chi connectivity index (χ3v) is 4.28. The molecule has 0 aliphatic rings. The highest BCUT2D eigenvalue weighted by Crippen LogP contribution is 2.31. The number of thioether (sulfide) groups is 1. The van der Waals surface area contributed by atoms with Gasteiger partial charge in [-0.25, -0.2) is 9.97 Å². The van der Waals surface area contributed by atoms with Crippen LogP contribution in [0.2, 0.25) is 0 Å². The van der Waals surface area contributed by atoms with Gasteiger partial charge >= 0.3 is 6.18 Å². The second-order valence-corrected chi connectivity index (χ2v) is 6.43. The number of alkyl halides is 3. The number of pyridine rings is 1. The molecule has 0 aliphatic heterocycles. The van der Waals surface area contributed by atoms with Gasteiger partial charge in [0.2, 0.25) is 0 Å². The SMILES string of the molecule is CCSc1cc(CC#N)cnc1-c1cn2cnc(C(F)(F)F)cc2n1. The second kappa shape index (κ2) is 6.72. The predicted octanol–water partition coefficient (Wildman–Crippen LogP) is 3.99. The molecule has 0 aromatic carbocycles. The van der Waals surface area contributed by atoms with Crippen LogP contribution in [0, 0.1) is 11.3 Å². The smallest absolute Gasteiger partial charge is 0.290 e. The molecule has 3 aromatic rings. The van der Waals surface area contributed by atoms with Crippen molar-refractivity contribution in [3.8, 4) is 17.5 Å². The fourth-order valence-electron chi connectivity index (χ4n) is 2.29. The molecule has 0 saturated heterocycles. The summed E-state index contributed by atoms with van der Waals surface area (Å²) in [5, 5.41) is 8.81. The molecule has 3 aromatic heterocycles. The molecule has 0 bridgehead atoms. The highest BCUT2D eigenvalue weighted by Gasteiger charge is 2.33. The van der Waals surface area contributed by atoms with Crippen LogP contribution in [0.1, 0.15) is 18.2 Å². The Kier molecular flexibility index (Phi) is 4.63. The van der Waals surface area contributed by atoms with Gasteiger partial charge in [-0.3, -0.25) is 9.38 Å². The number of nitrogens with zero attached hydrogens (tertiary/aromatic N) is 5. The summed E-state index contributed by atoms with van der Waals surface area (Å²) >= 11 is 1.54. The van der Waals surface area contributed by atoms with Crippen LogP contribution in [0.5, 0.6) is 0 Å². The van der Waals surface area contributed by atoms with E-state index in [4.69, 9.17) is 5.26 Å². The lowest BCUT2D eigenvalue weighted by Gasteiger charge is -2.06. The number of rotatable bonds is 4. The molecule has 0 unspecified atom stereocenters. The highest BCUT2D eigenvalue weighted by atomic mass is 32.2. The van der Waals surface area contributed by atoms with Crippen LogP contribution in [0.15, 0.2) is 35.7 Å². The molecule has 25 heavy (non-hydrogen) atoms. The second-order valence-electron chi connectivity index (χ2n) is 5.12. The van der Waals surface area contributed by atoms with Crippen LogP contribution >= 0.6 is 11.8 Å². The van der Waals surface area contributed by atoms with E-state index in [1.807, 2.05) is 13.0 Å². The minimum absolute atomic E-state index is 0.146. The fourth-order valence-corrected chi connectivity index (χ4v) is 3.13. The van der Waals surface area contributed by atoms with Crippen molar-refractivity contribution in [1.82, 2.24) is 19.4 Å². The Morgan fingerprint density at radius 3 is 2.76 bits per heavy atom. The van der Waals surface area contributed by atoms with Gasteiger partial charge in [-0.2, -0.15) is 18.4 Å². The quantitative estimate of drug-likeness (QED) is 0.656. The first kappa shape index (κ1) is 17.2. The van der Waals surface area contributed by atoms with Crippen molar-refractivity contribution in [3.05, 3.63) is 42.1 Å². The van der Waals surface area contributed by atoms with Crippen molar-refractivity contribution in [2.45, 2.75) is 24.4 Å². The molecule has 0 fully saturated rings. The van der Waals surface area contributed by atoms with E-state index in [1.165, 1.54) is 16.2 Å². The molecule has 3 heterocycles. The normalized spacial score (nSPS) is 11.6. The summed E-state index contributed by atoms with van der Waals surface area (Å²) in [6, 6.07) is 4.84. The molecule has 9 heteroatoms. The first-order valence-electron chi connectivity index (χ1n) is 7.33. The van der Waals surface area contributed by atoms with E-state index in [0.717, 1.165) is 28.6 Å². The first-order valence-corrected chi connectivity index (χ1v) is 8.32. The summed E-state index contributed by atoms with van der Waals surface area (Å²) < 4.78 is 39.8. The first-order chi connectivity index (χ1) is 11.9. The predicted molar refractivity (Wildman–Crippen MR) is 86.9 cm³/mol. The minimum atomic E-state index is -4.52. The van der Waals surface area contributed by atoms with Crippen LogP contribution in [0.25, 0.3) is 17.0 Å². The lowest BCUT2D eigenvalue weighted by Crippen LogP contribution is -2.08. The topological polar surface area (TPSA) is 66.9 Å². The molecule has 0 atom stereocenters. The molecule has 0 radical (unpaired) electrons. The molecule has 0 aliphatic carbocycles. The van der Waals surface area contributed by atoms with E-state index < -0.39 is 11.9 Å². The van der Waals surface area contributed by atoms with Crippen molar-refractivity contribution in [3.63, 3.8) is 0 Å². The monoisotopic (exact) mass is 363 g/mol. The Bertz CT molecular complexity index is 959. The van der Waals surface area contributed by atoms with Crippen LogP contribution in [0.3, 0.4) is 0 Å². The molecule has 3 rings (SSSR count). The van der Waals surface area contributed by atoms with E-state index in [9.17, 15) is 13.2 Å². The average Bonchev–Trinajstić information content (AvgIpc) is 2.97. The highest BCUT2D eigenvalue weighted by molar-refractivity contribution is 7.99. The third-order valence-electron chi connectivity index (χ3n) is 3.37. The number of halogens is 3. The van der Waals surface area contributed by atoms with Crippen LogP contribution in [0.4, 0.5) is 13.2 Å². The number of fused-ring (bicyclic) bond motifs is 1. The van der Waals surface area contributed by atoms with Crippen molar-refractivity contribution < 1.29 is 13.2 Å². The van der Waals surface area contributed by atoms with E-state index in [2.05, 4.69) is 21.0 Å². The Hall–Kier alpha value is -2.60. The maximum Gasteiger partial charge on any atom is 0.433 e. The Morgan fingerprint density at radius 1 is 1.28 bits per heavy atom. The van der Waals surface area contributed by atoms with Gasteiger partial charge in [-0.1, -0.05) is 6.92 Å². The van der Waals surface area contributed by atoms with Gasteiger partial charge in [0.15, 0.2) is 0 Å². The average molecular weight is 363 g/mol. The number of nitriles is 1. The lowest BCUT2D eigenvalue weighted by molar-refractivity contribution is -0.141. The summed E-state index contributed by atoms with van der Waals surface area (Å²) in [5.74, 6) is 0.790. The molecule has 0 saturated carbocycles. The molecular formula is C16H12F3N5S. The Labute approximate surface area is 145 Å². The summed E-state index contributed by atoms with van der Waals surface area (Å²) in [6.45, 7) is 1.98. The molecular weight excluding hydrogens is 351 g/mol. The molecule has 0 spiro atoms. The van der Waals surface area contributed by atoms with Gasteiger partial charge in [0.05, 0.1) is 12.5 Å². The number of imidazole rings is 1. The van der Waals surface area contributed by atoms with Gasteiger partial charge in [0, 0.05) is 23.4 Å². The molecule has 5 nitrogen and oxygen atoms in total. The zero-order valence-electron chi connectivity index (χ0n) is 13.1. The standard InChI is InChI=1S/C16H12F3N5S/c1-2-25-12-5-10(3-4-20)7-21-15(12)11-8-24-9-22-13(16(17,18)19)6-14(24)23-11/h5-9H,2-3H2,1H3. The summed E-state index contributed by atoms with van der Waals surface area (Å²) in [6.07, 6.45) is -0.00953. The van der Waals surface area contributed by atoms with E-state index in [0.29, 0.717) is 11.4 Å². The van der Waals surface area contributed by atoms with E-state index in [-0.39, 0.29) is 12.1 Å². The van der Waals surface area contributed by atoms with Gasteiger partial charge in [-0.05, 0) is 17.4 Å². The van der Waals surface area contributed by atoms with Gasteiger partial charge < -0.3 is 0 Å². The Morgan fingerprint density at radius 2 is 2.08 bits per heavy atom. The fraction of sp³-hybridized carbons (Fsp3) is 0.250. The molecule has 0 amide bonds. The van der Waals surface area contributed by atoms with E-state index in [1.54, 1.807) is 12.4 Å². The maximum absolute atomic E-state index is 12.8. The number of hydrogen-bond acceptors (Lipinski definition) is 5. The van der Waals surface area contributed by atoms with Gasteiger partial charge in [0.25, 0.3) is 0 Å². The van der Waals surface area contributed by atoms with Crippen molar-refractivity contribution in [2.24, 2.45) is 0 Å². The molecule has 0 N–H and O–H groups in total. The number of aromatic nitrogens is 4. The summed E-state index contributed by atoms with van der Waals surface area (Å²) in [7, 11) is 0. The summed E-state index contributed by atoms with van der Waals surface area (Å²) in [5.41, 5.74) is 0.976. The van der Waals surface area contributed by atoms with Gasteiger partial charge in [0.1, 0.15) is 29.1 Å². The summed E-state index contributed by atoms with van der Waals surface area (Å²) in [4.78, 5) is 12.9. The van der Waals surface area contributed by atoms with Gasteiger partial charge in [-0.15, -0.1) is 11.8 Å². The largest absolute Gasteiger partial charge is 0.433 e. The minimum Gasteiger partial charge on any atom is -0.290 e. The third kappa shape index (κ3) is 3.58. The van der Waals surface area contributed by atoms with Crippen LogP contribution in [-0.2, 0) is 12.6 Å². The lowest BCUT2D eigenvalue weighted by atomic mass is 10.2. The van der Waals surface area contributed by atoms with Crippen molar-refractivity contribution >= 4 is 17.4 Å². The number of hydrogen-bond donors (Lipinski definition) is 0. The van der Waals surface area contributed by atoms with Crippen molar-refractivity contribution in [2.75, 3.05) is 5.75 Å². The zero-order chi connectivity index (χ0) is 18.0. The zero-order valence-corrected chi connectivity index (χ0v) is 13.9.